The Labute approximate surface area is 185 Å². The van der Waals surface area contributed by atoms with E-state index in [0.29, 0.717) is 29.7 Å². The van der Waals surface area contributed by atoms with E-state index < -0.39 is 12.0 Å². The molecule has 4 aromatic rings. The van der Waals surface area contributed by atoms with Crippen molar-refractivity contribution in [2.24, 2.45) is 0 Å². The van der Waals surface area contributed by atoms with Gasteiger partial charge in [-0.3, -0.25) is 0 Å². The third-order valence-electron chi connectivity index (χ3n) is 5.50. The molecule has 0 amide bonds. The Bertz CT molecular complexity index is 1300. The number of pyridine rings is 2. The minimum atomic E-state index is -4.51. The lowest BCUT2D eigenvalue weighted by atomic mass is 10.1. The molecule has 0 bridgehead atoms. The largest absolute Gasteiger partial charge is 0.451 e. The minimum absolute atomic E-state index is 0.151. The van der Waals surface area contributed by atoms with E-state index in [2.05, 4.69) is 30.5 Å². The van der Waals surface area contributed by atoms with Crippen LogP contribution in [0.3, 0.4) is 0 Å². The standard InChI is InChI=1S/C20H18ClF3N8/c1-11-6-16(31-4-5-32-17(10-31)29-30-19(32)20(22,23)24)27-9-12(11)8-26-14-2-3-25-18-13(14)7-15(21)28-18/h2-3,6-7,9H,4-5,8,10H2,1H3,(H2,25,26,28). The Balaban J connectivity index is 1.31. The first kappa shape index (κ1) is 20.6. The molecule has 0 atom stereocenters. The number of halogens is 4. The van der Waals surface area contributed by atoms with Crippen LogP contribution >= 0.6 is 11.6 Å². The van der Waals surface area contributed by atoms with E-state index in [-0.39, 0.29) is 18.9 Å². The van der Waals surface area contributed by atoms with Crippen LogP contribution in [0.2, 0.25) is 5.15 Å². The van der Waals surface area contributed by atoms with E-state index in [1.54, 1.807) is 12.4 Å². The van der Waals surface area contributed by atoms with Crippen molar-refractivity contribution in [2.75, 3.05) is 16.8 Å². The molecule has 5 heterocycles. The molecule has 0 spiro atoms. The highest BCUT2D eigenvalue weighted by Crippen LogP contribution is 2.30. The van der Waals surface area contributed by atoms with Gasteiger partial charge in [0.05, 0.1) is 6.54 Å². The fraction of sp³-hybridized carbons (Fsp3) is 0.300. The molecule has 1 aliphatic rings. The summed E-state index contributed by atoms with van der Waals surface area (Å²) in [5, 5.41) is 11.9. The molecule has 1 aliphatic heterocycles. The first-order valence-electron chi connectivity index (χ1n) is 9.86. The first-order chi connectivity index (χ1) is 15.3. The maximum atomic E-state index is 13.0. The van der Waals surface area contributed by atoms with Crippen molar-refractivity contribution in [1.82, 2.24) is 29.7 Å². The lowest BCUT2D eigenvalue weighted by Crippen LogP contribution is -2.35. The molecule has 0 saturated carbocycles. The average molecular weight is 463 g/mol. The summed E-state index contributed by atoms with van der Waals surface area (Å²) in [5.74, 6) is 0.0186. The van der Waals surface area contributed by atoms with Crippen LogP contribution in [0.15, 0.2) is 30.6 Å². The first-order valence-corrected chi connectivity index (χ1v) is 10.2. The highest BCUT2D eigenvalue weighted by Gasteiger charge is 2.39. The van der Waals surface area contributed by atoms with Gasteiger partial charge in [-0.25, -0.2) is 9.97 Å². The second-order valence-electron chi connectivity index (χ2n) is 7.57. The van der Waals surface area contributed by atoms with Crippen molar-refractivity contribution >= 4 is 34.1 Å². The van der Waals surface area contributed by atoms with Gasteiger partial charge in [0.2, 0.25) is 5.82 Å². The van der Waals surface area contributed by atoms with Gasteiger partial charge in [-0.15, -0.1) is 10.2 Å². The maximum absolute atomic E-state index is 13.0. The summed E-state index contributed by atoms with van der Waals surface area (Å²) < 4.78 is 40.3. The van der Waals surface area contributed by atoms with Crippen LogP contribution in [0.4, 0.5) is 24.7 Å². The topological polar surface area (TPSA) is 87.6 Å². The predicted molar refractivity (Wildman–Crippen MR) is 113 cm³/mol. The van der Waals surface area contributed by atoms with E-state index in [9.17, 15) is 13.2 Å². The fourth-order valence-corrected chi connectivity index (χ4v) is 4.03. The Hall–Kier alpha value is -3.34. The quantitative estimate of drug-likeness (QED) is 0.473. The maximum Gasteiger partial charge on any atom is 0.451 e. The lowest BCUT2D eigenvalue weighted by Gasteiger charge is -2.29. The number of nitrogens with zero attached hydrogens (tertiary/aromatic N) is 6. The number of hydrogen-bond donors (Lipinski definition) is 2. The third kappa shape index (κ3) is 3.72. The van der Waals surface area contributed by atoms with Crippen LogP contribution in [0.5, 0.6) is 0 Å². The third-order valence-corrected chi connectivity index (χ3v) is 5.71. The lowest BCUT2D eigenvalue weighted by molar-refractivity contribution is -0.147. The van der Waals surface area contributed by atoms with Crippen LogP contribution in [0, 0.1) is 6.92 Å². The number of fused-ring (bicyclic) bond motifs is 2. The molecule has 0 aromatic carbocycles. The molecule has 4 aromatic heterocycles. The molecule has 32 heavy (non-hydrogen) atoms. The molecule has 2 N–H and O–H groups in total. The Kier molecular flexibility index (Phi) is 4.92. The van der Waals surface area contributed by atoms with Crippen LogP contribution in [0.1, 0.15) is 22.8 Å². The normalized spacial score (nSPS) is 14.1. The summed E-state index contributed by atoms with van der Waals surface area (Å²) in [5.41, 5.74) is 3.62. The van der Waals surface area contributed by atoms with Gasteiger partial charge in [-0.1, -0.05) is 11.6 Å². The number of H-pyrrole nitrogens is 1. The summed E-state index contributed by atoms with van der Waals surface area (Å²) in [4.78, 5) is 13.7. The fourth-order valence-electron chi connectivity index (χ4n) is 3.83. The van der Waals surface area contributed by atoms with Gasteiger partial charge in [0.15, 0.2) is 5.82 Å². The summed E-state index contributed by atoms with van der Waals surface area (Å²) in [7, 11) is 0. The van der Waals surface area contributed by atoms with E-state index in [0.717, 1.165) is 26.8 Å². The zero-order valence-corrected chi connectivity index (χ0v) is 17.7. The Morgan fingerprint density at radius 3 is 2.81 bits per heavy atom. The molecular formula is C20H18ClF3N8. The second-order valence-corrected chi connectivity index (χ2v) is 7.98. The number of anilines is 2. The van der Waals surface area contributed by atoms with Crippen molar-refractivity contribution in [1.29, 1.82) is 0 Å². The van der Waals surface area contributed by atoms with Crippen LogP contribution in [0.25, 0.3) is 11.0 Å². The molecule has 0 saturated heterocycles. The van der Waals surface area contributed by atoms with Crippen molar-refractivity contribution < 1.29 is 13.2 Å². The average Bonchev–Trinajstić information content (AvgIpc) is 3.35. The SMILES string of the molecule is Cc1cc(N2CCn3c(nnc3C(F)(F)F)C2)ncc1CNc1ccnc2[nH]c(Cl)cc12. The van der Waals surface area contributed by atoms with E-state index in [4.69, 9.17) is 11.6 Å². The monoisotopic (exact) mass is 462 g/mol. The molecule has 5 rings (SSSR count). The van der Waals surface area contributed by atoms with Crippen molar-refractivity contribution in [2.45, 2.75) is 32.7 Å². The molecule has 8 nitrogen and oxygen atoms in total. The summed E-state index contributed by atoms with van der Waals surface area (Å²) in [6.07, 6.45) is -1.03. The number of aromatic amines is 1. The molecule has 0 fully saturated rings. The van der Waals surface area contributed by atoms with Gasteiger partial charge in [0.1, 0.15) is 16.6 Å². The smallest absolute Gasteiger partial charge is 0.380 e. The van der Waals surface area contributed by atoms with Crippen molar-refractivity contribution in [3.8, 4) is 0 Å². The highest BCUT2D eigenvalue weighted by atomic mass is 35.5. The van der Waals surface area contributed by atoms with Gasteiger partial charge < -0.3 is 19.8 Å². The van der Waals surface area contributed by atoms with Gasteiger partial charge in [-0.2, -0.15) is 13.2 Å². The van der Waals surface area contributed by atoms with Gasteiger partial charge >= 0.3 is 6.18 Å². The van der Waals surface area contributed by atoms with Crippen molar-refractivity contribution in [3.63, 3.8) is 0 Å². The van der Waals surface area contributed by atoms with Crippen LogP contribution in [-0.2, 0) is 25.8 Å². The predicted octanol–water partition coefficient (Wildman–Crippen LogP) is 4.16. The van der Waals surface area contributed by atoms with Gasteiger partial charge in [0.25, 0.3) is 0 Å². The molecule has 0 radical (unpaired) electrons. The number of hydrogen-bond acceptors (Lipinski definition) is 6. The van der Waals surface area contributed by atoms with Crippen LogP contribution < -0.4 is 10.2 Å². The molecule has 0 unspecified atom stereocenters. The summed E-state index contributed by atoms with van der Waals surface area (Å²) in [6.45, 7) is 3.28. The van der Waals surface area contributed by atoms with Crippen LogP contribution in [-0.4, -0.2) is 36.3 Å². The number of nitrogens with one attached hydrogen (secondary N) is 2. The zero-order chi connectivity index (χ0) is 22.5. The number of alkyl halides is 3. The molecule has 0 aliphatic carbocycles. The Morgan fingerprint density at radius 1 is 1.19 bits per heavy atom. The zero-order valence-electron chi connectivity index (χ0n) is 16.9. The van der Waals surface area contributed by atoms with Crippen molar-refractivity contribution in [3.05, 3.63) is 58.5 Å². The molecular weight excluding hydrogens is 445 g/mol. The number of rotatable bonds is 4. The number of aromatic nitrogens is 6. The summed E-state index contributed by atoms with van der Waals surface area (Å²) >= 11 is 6.04. The van der Waals surface area contributed by atoms with Gasteiger partial charge in [-0.05, 0) is 36.2 Å². The van der Waals surface area contributed by atoms with Gasteiger partial charge in [0, 0.05) is 43.1 Å². The Morgan fingerprint density at radius 2 is 2.03 bits per heavy atom. The van der Waals surface area contributed by atoms with E-state index in [1.807, 2.05) is 30.0 Å². The highest BCUT2D eigenvalue weighted by molar-refractivity contribution is 6.30. The molecule has 12 heteroatoms. The van der Waals surface area contributed by atoms with E-state index in [1.165, 1.54) is 0 Å². The second kappa shape index (κ2) is 7.66. The molecule has 166 valence electrons. The summed E-state index contributed by atoms with van der Waals surface area (Å²) in [6, 6.07) is 5.63. The minimum Gasteiger partial charge on any atom is -0.380 e. The van der Waals surface area contributed by atoms with E-state index >= 15 is 0 Å². The number of aryl methyl sites for hydroxylation is 1.